The van der Waals surface area contributed by atoms with E-state index in [0.717, 1.165) is 6.42 Å². The smallest absolute Gasteiger partial charge is 0.305 e. The maximum Gasteiger partial charge on any atom is 0.305 e. The molecule has 0 fully saturated rings. The van der Waals surface area contributed by atoms with Crippen LogP contribution in [0.5, 0.6) is 0 Å². The molecule has 0 aliphatic heterocycles. The lowest BCUT2D eigenvalue weighted by Crippen LogP contribution is -2.12. The highest BCUT2D eigenvalue weighted by Gasteiger charge is 2.14. The molecule has 70 valence electrons. The molecule has 0 aliphatic carbocycles. The topological polar surface area (TPSA) is 26.3 Å². The Morgan fingerprint density at radius 1 is 1.58 bits per heavy atom. The van der Waals surface area contributed by atoms with Crippen LogP contribution in [-0.2, 0) is 9.53 Å². The van der Waals surface area contributed by atoms with Gasteiger partial charge in [0.25, 0.3) is 0 Å². The van der Waals surface area contributed by atoms with Crippen LogP contribution in [-0.4, -0.2) is 12.6 Å². The van der Waals surface area contributed by atoms with Gasteiger partial charge in [0.05, 0.1) is 6.61 Å². The lowest BCUT2D eigenvalue weighted by molar-refractivity contribution is -0.143. The molecular weight excluding hydrogens is 152 g/mol. The quantitative estimate of drug-likeness (QED) is 0.468. The standard InChI is InChI=1S/C10H18O2/c1-5-10(3,4)8-7-9(11)12-6-2/h5H,1,6-8H2,2-4H3. The van der Waals surface area contributed by atoms with Crippen molar-refractivity contribution in [3.05, 3.63) is 12.7 Å². The van der Waals surface area contributed by atoms with Gasteiger partial charge >= 0.3 is 5.97 Å². The summed E-state index contributed by atoms with van der Waals surface area (Å²) in [5.74, 6) is -0.118. The maximum atomic E-state index is 10.9. The zero-order valence-corrected chi connectivity index (χ0v) is 8.22. The SMILES string of the molecule is C=CC(C)(C)CCC(=O)OCC. The van der Waals surface area contributed by atoms with Gasteiger partial charge in [-0.25, -0.2) is 0 Å². The summed E-state index contributed by atoms with van der Waals surface area (Å²) in [4.78, 5) is 10.9. The van der Waals surface area contributed by atoms with Crippen LogP contribution in [0.4, 0.5) is 0 Å². The number of hydrogen-bond donors (Lipinski definition) is 0. The minimum Gasteiger partial charge on any atom is -0.466 e. The summed E-state index contributed by atoms with van der Waals surface area (Å²) >= 11 is 0. The van der Waals surface area contributed by atoms with E-state index in [1.165, 1.54) is 0 Å². The molecule has 0 N–H and O–H groups in total. The minimum absolute atomic E-state index is 0.0345. The highest BCUT2D eigenvalue weighted by atomic mass is 16.5. The Kier molecular flexibility index (Phi) is 4.64. The molecule has 0 aliphatic rings. The van der Waals surface area contributed by atoms with E-state index >= 15 is 0 Å². The number of esters is 1. The van der Waals surface area contributed by atoms with Gasteiger partial charge in [-0.2, -0.15) is 0 Å². The third-order valence-electron chi connectivity index (χ3n) is 1.83. The first-order chi connectivity index (χ1) is 5.52. The Balaban J connectivity index is 3.67. The first-order valence-corrected chi connectivity index (χ1v) is 4.31. The van der Waals surface area contributed by atoms with Crippen LogP contribution in [0.25, 0.3) is 0 Å². The van der Waals surface area contributed by atoms with Crippen molar-refractivity contribution >= 4 is 5.97 Å². The van der Waals surface area contributed by atoms with Gasteiger partial charge in [-0.3, -0.25) is 4.79 Å². The van der Waals surface area contributed by atoms with E-state index in [4.69, 9.17) is 4.74 Å². The van der Waals surface area contributed by atoms with E-state index in [1.54, 1.807) is 0 Å². The normalized spacial score (nSPS) is 10.9. The molecule has 0 spiro atoms. The molecule has 0 saturated heterocycles. The van der Waals surface area contributed by atoms with Crippen LogP contribution in [0.2, 0.25) is 0 Å². The summed E-state index contributed by atoms with van der Waals surface area (Å²) in [6.45, 7) is 10.1. The van der Waals surface area contributed by atoms with Gasteiger partial charge < -0.3 is 4.74 Å². The van der Waals surface area contributed by atoms with Crippen LogP contribution in [0, 0.1) is 5.41 Å². The third-order valence-corrected chi connectivity index (χ3v) is 1.83. The summed E-state index contributed by atoms with van der Waals surface area (Å²) < 4.78 is 4.81. The highest BCUT2D eigenvalue weighted by Crippen LogP contribution is 2.23. The molecule has 2 nitrogen and oxygen atoms in total. The van der Waals surface area contributed by atoms with Gasteiger partial charge in [0.15, 0.2) is 0 Å². The fourth-order valence-electron chi connectivity index (χ4n) is 0.759. The third kappa shape index (κ3) is 4.94. The van der Waals surface area contributed by atoms with E-state index in [2.05, 4.69) is 20.4 Å². The first-order valence-electron chi connectivity index (χ1n) is 4.31. The Morgan fingerprint density at radius 3 is 2.58 bits per heavy atom. The first kappa shape index (κ1) is 11.2. The Morgan fingerprint density at radius 2 is 2.17 bits per heavy atom. The second-order valence-electron chi connectivity index (χ2n) is 3.50. The largest absolute Gasteiger partial charge is 0.466 e. The van der Waals surface area contributed by atoms with Crippen molar-refractivity contribution in [1.82, 2.24) is 0 Å². The van der Waals surface area contributed by atoms with Crippen molar-refractivity contribution in [1.29, 1.82) is 0 Å². The molecule has 0 bridgehead atoms. The monoisotopic (exact) mass is 170 g/mol. The zero-order chi connectivity index (χ0) is 9.61. The number of hydrogen-bond acceptors (Lipinski definition) is 2. The Labute approximate surface area is 74.6 Å². The van der Waals surface area contributed by atoms with Gasteiger partial charge in [0.1, 0.15) is 0 Å². The fourth-order valence-corrected chi connectivity index (χ4v) is 0.759. The molecule has 0 atom stereocenters. The summed E-state index contributed by atoms with van der Waals surface area (Å²) in [6.07, 6.45) is 3.15. The van der Waals surface area contributed by atoms with Crippen molar-refractivity contribution < 1.29 is 9.53 Å². The van der Waals surface area contributed by atoms with Gasteiger partial charge in [-0.15, -0.1) is 6.58 Å². The van der Waals surface area contributed by atoms with E-state index in [-0.39, 0.29) is 11.4 Å². The highest BCUT2D eigenvalue weighted by molar-refractivity contribution is 5.69. The van der Waals surface area contributed by atoms with Crippen molar-refractivity contribution in [3.63, 3.8) is 0 Å². The molecule has 12 heavy (non-hydrogen) atoms. The predicted octanol–water partition coefficient (Wildman–Crippen LogP) is 2.54. The molecule has 0 amide bonds. The van der Waals surface area contributed by atoms with Crippen LogP contribution < -0.4 is 0 Å². The predicted molar refractivity (Wildman–Crippen MR) is 49.8 cm³/mol. The number of carbonyl (C=O) groups is 1. The lowest BCUT2D eigenvalue weighted by Gasteiger charge is -2.18. The summed E-state index contributed by atoms with van der Waals surface area (Å²) in [5, 5.41) is 0. The Hall–Kier alpha value is -0.790. The number of carbonyl (C=O) groups excluding carboxylic acids is 1. The van der Waals surface area contributed by atoms with E-state index in [0.29, 0.717) is 13.0 Å². The molecule has 0 saturated carbocycles. The number of rotatable bonds is 5. The van der Waals surface area contributed by atoms with Crippen LogP contribution in [0.3, 0.4) is 0 Å². The summed E-state index contributed by atoms with van der Waals surface area (Å²) in [5.41, 5.74) is 0.0345. The second kappa shape index (κ2) is 4.96. The Bertz CT molecular complexity index is 159. The van der Waals surface area contributed by atoms with Crippen LogP contribution >= 0.6 is 0 Å². The molecule has 0 unspecified atom stereocenters. The van der Waals surface area contributed by atoms with Gasteiger partial charge in [-0.05, 0) is 18.8 Å². The molecule has 0 aromatic carbocycles. The van der Waals surface area contributed by atoms with E-state index in [1.807, 2.05) is 13.0 Å². The van der Waals surface area contributed by atoms with Gasteiger partial charge in [0.2, 0.25) is 0 Å². The van der Waals surface area contributed by atoms with Gasteiger partial charge in [-0.1, -0.05) is 19.9 Å². The summed E-state index contributed by atoms with van der Waals surface area (Å²) in [6, 6.07) is 0. The van der Waals surface area contributed by atoms with Crippen molar-refractivity contribution in [2.75, 3.05) is 6.61 Å². The number of ether oxygens (including phenoxy) is 1. The zero-order valence-electron chi connectivity index (χ0n) is 8.22. The summed E-state index contributed by atoms with van der Waals surface area (Å²) in [7, 11) is 0. The van der Waals surface area contributed by atoms with E-state index < -0.39 is 0 Å². The van der Waals surface area contributed by atoms with Crippen molar-refractivity contribution in [2.24, 2.45) is 5.41 Å². The molecule has 0 heterocycles. The molecule has 0 aromatic heterocycles. The fraction of sp³-hybridized carbons (Fsp3) is 0.700. The molecule has 0 rings (SSSR count). The van der Waals surface area contributed by atoms with Crippen LogP contribution in [0.15, 0.2) is 12.7 Å². The van der Waals surface area contributed by atoms with Crippen molar-refractivity contribution in [3.8, 4) is 0 Å². The second-order valence-corrected chi connectivity index (χ2v) is 3.50. The van der Waals surface area contributed by atoms with E-state index in [9.17, 15) is 4.79 Å². The molecule has 0 aromatic rings. The van der Waals surface area contributed by atoms with Crippen LogP contribution in [0.1, 0.15) is 33.6 Å². The molecular formula is C10H18O2. The maximum absolute atomic E-state index is 10.9. The average Bonchev–Trinajstić information content (AvgIpc) is 2.02. The lowest BCUT2D eigenvalue weighted by atomic mass is 9.88. The van der Waals surface area contributed by atoms with Gasteiger partial charge in [0, 0.05) is 6.42 Å². The van der Waals surface area contributed by atoms with Crippen molar-refractivity contribution in [2.45, 2.75) is 33.6 Å². The molecule has 0 radical (unpaired) electrons. The average molecular weight is 170 g/mol. The molecule has 2 heteroatoms. The minimum atomic E-state index is -0.118. The number of allylic oxidation sites excluding steroid dienone is 1.